The molecule has 6 heteroatoms. The van der Waals surface area contributed by atoms with Crippen molar-refractivity contribution in [1.82, 2.24) is 9.78 Å². The molecule has 1 amide bonds. The highest BCUT2D eigenvalue weighted by Gasteiger charge is 2.15. The molecule has 0 saturated heterocycles. The Bertz CT molecular complexity index is 667. The van der Waals surface area contributed by atoms with Crippen LogP contribution in [0, 0.1) is 19.8 Å². The third-order valence-electron chi connectivity index (χ3n) is 3.18. The third kappa shape index (κ3) is 3.99. The summed E-state index contributed by atoms with van der Waals surface area (Å²) >= 11 is 11.8. The van der Waals surface area contributed by atoms with Crippen LogP contribution >= 0.6 is 23.2 Å². The predicted octanol–water partition coefficient (Wildman–Crippen LogP) is 4.08. The molecule has 0 unspecified atom stereocenters. The maximum absolute atomic E-state index is 12.2. The number of hydrogen-bond donors (Lipinski definition) is 1. The van der Waals surface area contributed by atoms with Crippen molar-refractivity contribution in [3.63, 3.8) is 0 Å². The molecule has 1 heterocycles. The van der Waals surface area contributed by atoms with Gasteiger partial charge in [0.25, 0.3) is 0 Å². The van der Waals surface area contributed by atoms with Crippen LogP contribution in [0.1, 0.15) is 18.3 Å². The molecule has 112 valence electrons. The number of carbonyl (C=O) groups is 1. The zero-order valence-corrected chi connectivity index (χ0v) is 13.7. The standard InChI is InChI=1S/C15H17Cl2N3O/c1-9(8-20-11(3)6-10(2)19-20)15(21)18-12-4-5-13(16)14(17)7-12/h4-7,9H,8H2,1-3H3,(H,18,21)/t9-/m0/s1. The summed E-state index contributed by atoms with van der Waals surface area (Å²) in [5, 5.41) is 8.08. The van der Waals surface area contributed by atoms with E-state index in [-0.39, 0.29) is 11.8 Å². The van der Waals surface area contributed by atoms with Crippen LogP contribution in [0.3, 0.4) is 0 Å². The normalized spacial score (nSPS) is 12.2. The van der Waals surface area contributed by atoms with Gasteiger partial charge in [0.15, 0.2) is 0 Å². The Kier molecular flexibility index (Phi) is 4.91. The molecule has 0 fully saturated rings. The first-order valence-electron chi connectivity index (χ1n) is 6.64. The average Bonchev–Trinajstić information content (AvgIpc) is 2.72. The smallest absolute Gasteiger partial charge is 0.229 e. The zero-order valence-electron chi connectivity index (χ0n) is 12.2. The Morgan fingerprint density at radius 1 is 1.29 bits per heavy atom. The minimum atomic E-state index is -0.211. The fourth-order valence-electron chi connectivity index (χ4n) is 2.04. The number of aromatic nitrogens is 2. The molecule has 0 saturated carbocycles. The third-order valence-corrected chi connectivity index (χ3v) is 3.92. The van der Waals surface area contributed by atoms with Crippen LogP contribution in [0.25, 0.3) is 0 Å². The lowest BCUT2D eigenvalue weighted by Gasteiger charge is -2.13. The molecule has 0 bridgehead atoms. The summed E-state index contributed by atoms with van der Waals surface area (Å²) in [6, 6.07) is 7.01. The first-order valence-corrected chi connectivity index (χ1v) is 7.39. The van der Waals surface area contributed by atoms with E-state index in [1.54, 1.807) is 18.2 Å². The molecule has 21 heavy (non-hydrogen) atoms. The van der Waals surface area contributed by atoms with Crippen LogP contribution < -0.4 is 5.32 Å². The van der Waals surface area contributed by atoms with Crippen molar-refractivity contribution in [3.8, 4) is 0 Å². The van der Waals surface area contributed by atoms with Gasteiger partial charge in [-0.3, -0.25) is 9.48 Å². The van der Waals surface area contributed by atoms with Crippen LogP contribution in [0.15, 0.2) is 24.3 Å². The monoisotopic (exact) mass is 325 g/mol. The van der Waals surface area contributed by atoms with Crippen molar-refractivity contribution in [2.24, 2.45) is 5.92 Å². The van der Waals surface area contributed by atoms with Gasteiger partial charge >= 0.3 is 0 Å². The van der Waals surface area contributed by atoms with E-state index < -0.39 is 0 Å². The van der Waals surface area contributed by atoms with Crippen LogP contribution in [0.2, 0.25) is 10.0 Å². The Morgan fingerprint density at radius 2 is 2.00 bits per heavy atom. The van der Waals surface area contributed by atoms with Gasteiger partial charge in [-0.25, -0.2) is 0 Å². The van der Waals surface area contributed by atoms with Crippen molar-refractivity contribution in [2.75, 3.05) is 5.32 Å². The highest BCUT2D eigenvalue weighted by atomic mass is 35.5. The number of aryl methyl sites for hydroxylation is 2. The van der Waals surface area contributed by atoms with E-state index >= 15 is 0 Å². The number of nitrogens with one attached hydrogen (secondary N) is 1. The second kappa shape index (κ2) is 6.50. The van der Waals surface area contributed by atoms with E-state index in [1.165, 1.54) is 0 Å². The fraction of sp³-hybridized carbons (Fsp3) is 0.333. The molecular weight excluding hydrogens is 309 g/mol. The van der Waals surface area contributed by atoms with Gasteiger partial charge < -0.3 is 5.32 Å². The lowest BCUT2D eigenvalue weighted by molar-refractivity contribution is -0.119. The molecule has 0 aliphatic rings. The van der Waals surface area contributed by atoms with Crippen molar-refractivity contribution in [1.29, 1.82) is 0 Å². The van der Waals surface area contributed by atoms with Crippen molar-refractivity contribution >= 4 is 34.8 Å². The number of benzene rings is 1. The average molecular weight is 326 g/mol. The predicted molar refractivity (Wildman–Crippen MR) is 86.0 cm³/mol. The van der Waals surface area contributed by atoms with Gasteiger partial charge in [0.1, 0.15) is 0 Å². The number of carbonyl (C=O) groups excluding carboxylic acids is 1. The number of rotatable bonds is 4. The van der Waals surface area contributed by atoms with E-state index in [1.807, 2.05) is 31.5 Å². The fourth-order valence-corrected chi connectivity index (χ4v) is 2.34. The minimum absolute atomic E-state index is 0.0825. The Labute approximate surface area is 134 Å². The van der Waals surface area contributed by atoms with E-state index in [0.717, 1.165) is 11.4 Å². The molecule has 0 spiro atoms. The molecule has 2 aromatic rings. The lowest BCUT2D eigenvalue weighted by atomic mass is 10.1. The van der Waals surface area contributed by atoms with E-state index in [0.29, 0.717) is 22.3 Å². The van der Waals surface area contributed by atoms with E-state index in [9.17, 15) is 4.79 Å². The second-order valence-corrected chi connectivity index (χ2v) is 5.94. The molecule has 0 aliphatic carbocycles. The van der Waals surface area contributed by atoms with Gasteiger partial charge in [0.05, 0.1) is 28.2 Å². The summed E-state index contributed by atoms with van der Waals surface area (Å²) in [5.74, 6) is -0.293. The van der Waals surface area contributed by atoms with Gasteiger partial charge in [-0.1, -0.05) is 30.1 Å². The molecule has 1 aromatic heterocycles. The van der Waals surface area contributed by atoms with Gasteiger partial charge in [-0.15, -0.1) is 0 Å². The van der Waals surface area contributed by atoms with Crippen molar-refractivity contribution < 1.29 is 4.79 Å². The summed E-state index contributed by atoms with van der Waals surface area (Å²) in [6.07, 6.45) is 0. The highest BCUT2D eigenvalue weighted by Crippen LogP contribution is 2.25. The van der Waals surface area contributed by atoms with E-state index in [2.05, 4.69) is 10.4 Å². The minimum Gasteiger partial charge on any atom is -0.326 e. The zero-order chi connectivity index (χ0) is 15.6. The molecule has 1 aromatic carbocycles. The Hall–Kier alpha value is -1.52. The molecule has 1 N–H and O–H groups in total. The summed E-state index contributed by atoms with van der Waals surface area (Å²) in [5.41, 5.74) is 2.63. The molecule has 1 atom stereocenters. The molecule has 4 nitrogen and oxygen atoms in total. The summed E-state index contributed by atoms with van der Waals surface area (Å²) in [4.78, 5) is 12.2. The first kappa shape index (κ1) is 15.9. The molecular formula is C15H17Cl2N3O. The van der Waals surface area contributed by atoms with E-state index in [4.69, 9.17) is 23.2 Å². The summed E-state index contributed by atoms with van der Waals surface area (Å²) in [7, 11) is 0. The number of hydrogen-bond acceptors (Lipinski definition) is 2. The number of nitrogens with zero attached hydrogens (tertiary/aromatic N) is 2. The van der Waals surface area contributed by atoms with Crippen LogP contribution in [0.4, 0.5) is 5.69 Å². The second-order valence-electron chi connectivity index (χ2n) is 5.13. The number of halogens is 2. The Balaban J connectivity index is 2.02. The summed E-state index contributed by atoms with van der Waals surface area (Å²) in [6.45, 7) is 6.31. The van der Waals surface area contributed by atoms with Crippen LogP contribution in [-0.2, 0) is 11.3 Å². The number of amides is 1. The van der Waals surface area contributed by atoms with Crippen molar-refractivity contribution in [2.45, 2.75) is 27.3 Å². The topological polar surface area (TPSA) is 46.9 Å². The molecule has 2 rings (SSSR count). The SMILES string of the molecule is Cc1cc(C)n(C[C@H](C)C(=O)Nc2ccc(Cl)c(Cl)c2)n1. The Morgan fingerprint density at radius 3 is 2.57 bits per heavy atom. The van der Waals surface area contributed by atoms with Gasteiger partial charge in [0, 0.05) is 11.4 Å². The van der Waals surface area contributed by atoms with Crippen LogP contribution in [0.5, 0.6) is 0 Å². The quantitative estimate of drug-likeness (QED) is 0.920. The van der Waals surface area contributed by atoms with Gasteiger partial charge in [-0.2, -0.15) is 5.10 Å². The van der Waals surface area contributed by atoms with Crippen molar-refractivity contribution in [3.05, 3.63) is 45.7 Å². The maximum Gasteiger partial charge on any atom is 0.229 e. The first-order chi connectivity index (χ1) is 9.86. The maximum atomic E-state index is 12.2. The molecule has 0 radical (unpaired) electrons. The number of anilines is 1. The summed E-state index contributed by atoms with van der Waals surface area (Å²) < 4.78 is 1.84. The highest BCUT2D eigenvalue weighted by molar-refractivity contribution is 6.42. The van der Waals surface area contributed by atoms with Crippen LogP contribution in [-0.4, -0.2) is 15.7 Å². The van der Waals surface area contributed by atoms with Gasteiger partial charge in [0.2, 0.25) is 5.91 Å². The lowest BCUT2D eigenvalue weighted by Crippen LogP contribution is -2.25. The largest absolute Gasteiger partial charge is 0.326 e. The molecule has 0 aliphatic heterocycles. The van der Waals surface area contributed by atoms with Gasteiger partial charge in [-0.05, 0) is 38.1 Å².